The van der Waals surface area contributed by atoms with Gasteiger partial charge < -0.3 is 14.8 Å². The van der Waals surface area contributed by atoms with Crippen molar-refractivity contribution >= 4 is 11.6 Å². The molecule has 0 saturated carbocycles. The highest BCUT2D eigenvalue weighted by Crippen LogP contribution is 2.19. The second-order valence-electron chi connectivity index (χ2n) is 5.61. The fraction of sp³-hybridized carbons (Fsp3) is 0.471. The Kier molecular flexibility index (Phi) is 5.81. The second kappa shape index (κ2) is 7.84. The van der Waals surface area contributed by atoms with Crippen LogP contribution in [0, 0.1) is 5.92 Å². The lowest BCUT2D eigenvalue weighted by atomic mass is 9.98. The zero-order valence-corrected chi connectivity index (χ0v) is 12.6. The molecule has 1 amide bonds. The van der Waals surface area contributed by atoms with Crippen LogP contribution in [-0.4, -0.2) is 25.7 Å². The van der Waals surface area contributed by atoms with Gasteiger partial charge in [-0.15, -0.1) is 0 Å². The summed E-state index contributed by atoms with van der Waals surface area (Å²) < 4.78 is 10.9. The molecule has 4 heteroatoms. The smallest absolute Gasteiger partial charge is 0.224 e. The highest BCUT2D eigenvalue weighted by molar-refractivity contribution is 5.90. The monoisotopic (exact) mass is 289 g/mol. The van der Waals surface area contributed by atoms with E-state index >= 15 is 0 Å². The fourth-order valence-corrected chi connectivity index (χ4v) is 2.28. The maximum Gasteiger partial charge on any atom is 0.224 e. The standard InChI is InChI=1S/C17H23NO3/c1-13(2)11-21-16-7-5-15(6-8-16)18-17(19)10-14-4-3-9-20-12-14/h5-8,14H,1,3-4,9-12H2,2H3,(H,18,19). The van der Waals surface area contributed by atoms with E-state index in [4.69, 9.17) is 9.47 Å². The van der Waals surface area contributed by atoms with Gasteiger partial charge in [0.2, 0.25) is 5.91 Å². The molecule has 21 heavy (non-hydrogen) atoms. The van der Waals surface area contributed by atoms with Crippen LogP contribution in [0.4, 0.5) is 5.69 Å². The van der Waals surface area contributed by atoms with E-state index in [1.54, 1.807) is 0 Å². The molecule has 4 nitrogen and oxygen atoms in total. The molecular weight excluding hydrogens is 266 g/mol. The van der Waals surface area contributed by atoms with Crippen molar-refractivity contribution in [2.24, 2.45) is 5.92 Å². The van der Waals surface area contributed by atoms with Crippen LogP contribution < -0.4 is 10.1 Å². The number of amides is 1. The Morgan fingerprint density at radius 1 is 1.43 bits per heavy atom. The van der Waals surface area contributed by atoms with Gasteiger partial charge in [0.05, 0.1) is 0 Å². The van der Waals surface area contributed by atoms with Gasteiger partial charge in [-0.1, -0.05) is 6.58 Å². The summed E-state index contributed by atoms with van der Waals surface area (Å²) >= 11 is 0. The SMILES string of the molecule is C=C(C)COc1ccc(NC(=O)CC2CCCOC2)cc1. The summed E-state index contributed by atoms with van der Waals surface area (Å²) in [6.45, 7) is 7.74. The molecule has 1 atom stereocenters. The zero-order valence-electron chi connectivity index (χ0n) is 12.6. The molecule has 1 aromatic rings. The fourth-order valence-electron chi connectivity index (χ4n) is 2.28. The van der Waals surface area contributed by atoms with Crippen molar-refractivity contribution in [2.75, 3.05) is 25.1 Å². The number of carbonyl (C=O) groups is 1. The van der Waals surface area contributed by atoms with Gasteiger partial charge in [-0.25, -0.2) is 0 Å². The summed E-state index contributed by atoms with van der Waals surface area (Å²) in [4.78, 5) is 12.0. The topological polar surface area (TPSA) is 47.6 Å². The minimum Gasteiger partial charge on any atom is -0.489 e. The Morgan fingerprint density at radius 3 is 2.81 bits per heavy atom. The third-order valence-corrected chi connectivity index (χ3v) is 3.35. The van der Waals surface area contributed by atoms with Crippen molar-refractivity contribution in [2.45, 2.75) is 26.2 Å². The van der Waals surface area contributed by atoms with Gasteiger partial charge in [0, 0.05) is 25.3 Å². The average molecular weight is 289 g/mol. The summed E-state index contributed by atoms with van der Waals surface area (Å²) in [6, 6.07) is 7.40. The Bertz CT molecular complexity index is 475. The first kappa shape index (κ1) is 15.6. The predicted molar refractivity (Wildman–Crippen MR) is 83.5 cm³/mol. The number of nitrogens with one attached hydrogen (secondary N) is 1. The number of hydrogen-bond donors (Lipinski definition) is 1. The first-order chi connectivity index (χ1) is 10.1. The summed E-state index contributed by atoms with van der Waals surface area (Å²) in [5.41, 5.74) is 1.77. The second-order valence-corrected chi connectivity index (χ2v) is 5.61. The Labute approximate surface area is 126 Å². The lowest BCUT2D eigenvalue weighted by molar-refractivity contribution is -0.118. The van der Waals surface area contributed by atoms with Crippen molar-refractivity contribution in [3.8, 4) is 5.75 Å². The minimum atomic E-state index is 0.0427. The highest BCUT2D eigenvalue weighted by Gasteiger charge is 2.17. The van der Waals surface area contributed by atoms with Gasteiger partial charge >= 0.3 is 0 Å². The number of hydrogen-bond acceptors (Lipinski definition) is 3. The summed E-state index contributed by atoms with van der Waals surface area (Å²) in [7, 11) is 0. The largest absolute Gasteiger partial charge is 0.489 e. The van der Waals surface area contributed by atoms with Crippen LogP contribution in [0.25, 0.3) is 0 Å². The zero-order chi connectivity index (χ0) is 15.1. The molecule has 1 heterocycles. The number of anilines is 1. The molecule has 0 bridgehead atoms. The van der Waals surface area contributed by atoms with E-state index in [1.807, 2.05) is 31.2 Å². The molecule has 1 fully saturated rings. The normalized spacial score (nSPS) is 18.0. The van der Waals surface area contributed by atoms with Crippen LogP contribution in [-0.2, 0) is 9.53 Å². The van der Waals surface area contributed by atoms with Crippen LogP contribution in [0.1, 0.15) is 26.2 Å². The molecule has 0 radical (unpaired) electrons. The van der Waals surface area contributed by atoms with E-state index in [0.717, 1.165) is 36.5 Å². The van der Waals surface area contributed by atoms with Crippen LogP contribution >= 0.6 is 0 Å². The first-order valence-electron chi connectivity index (χ1n) is 7.38. The average Bonchev–Trinajstić information content (AvgIpc) is 2.47. The lowest BCUT2D eigenvalue weighted by Gasteiger charge is -2.21. The van der Waals surface area contributed by atoms with Gasteiger partial charge in [-0.05, 0) is 55.5 Å². The number of benzene rings is 1. The Hall–Kier alpha value is -1.81. The van der Waals surface area contributed by atoms with E-state index in [1.165, 1.54) is 0 Å². The molecule has 1 saturated heterocycles. The molecule has 0 spiro atoms. The molecule has 1 aromatic carbocycles. The lowest BCUT2D eigenvalue weighted by Crippen LogP contribution is -2.23. The quantitative estimate of drug-likeness (QED) is 0.817. The molecule has 1 aliphatic rings. The van der Waals surface area contributed by atoms with Crippen molar-refractivity contribution in [1.29, 1.82) is 0 Å². The molecule has 1 N–H and O–H groups in total. The van der Waals surface area contributed by atoms with Crippen molar-refractivity contribution in [3.05, 3.63) is 36.4 Å². The summed E-state index contributed by atoms with van der Waals surface area (Å²) in [5.74, 6) is 1.16. The van der Waals surface area contributed by atoms with Crippen LogP contribution in [0.2, 0.25) is 0 Å². The minimum absolute atomic E-state index is 0.0427. The maximum absolute atomic E-state index is 12.0. The number of rotatable bonds is 6. The molecule has 0 aromatic heterocycles. The molecule has 2 rings (SSSR count). The van der Waals surface area contributed by atoms with Crippen LogP contribution in [0.3, 0.4) is 0 Å². The number of carbonyl (C=O) groups excluding carboxylic acids is 1. The summed E-state index contributed by atoms with van der Waals surface area (Å²) in [6.07, 6.45) is 2.64. The van der Waals surface area contributed by atoms with Gasteiger partial charge in [0.25, 0.3) is 0 Å². The van der Waals surface area contributed by atoms with E-state index in [2.05, 4.69) is 11.9 Å². The van der Waals surface area contributed by atoms with Crippen LogP contribution in [0.5, 0.6) is 5.75 Å². The van der Waals surface area contributed by atoms with Crippen LogP contribution in [0.15, 0.2) is 36.4 Å². The molecule has 114 valence electrons. The Balaban J connectivity index is 1.79. The van der Waals surface area contributed by atoms with E-state index in [0.29, 0.717) is 25.6 Å². The van der Waals surface area contributed by atoms with E-state index in [9.17, 15) is 4.79 Å². The predicted octanol–water partition coefficient (Wildman–Crippen LogP) is 3.40. The maximum atomic E-state index is 12.0. The van der Waals surface area contributed by atoms with Gasteiger partial charge in [-0.2, -0.15) is 0 Å². The third kappa shape index (κ3) is 5.60. The van der Waals surface area contributed by atoms with Crippen molar-refractivity contribution in [1.82, 2.24) is 0 Å². The highest BCUT2D eigenvalue weighted by atomic mass is 16.5. The molecule has 0 aliphatic carbocycles. The molecule has 1 unspecified atom stereocenters. The van der Waals surface area contributed by atoms with Gasteiger partial charge in [0.15, 0.2) is 0 Å². The molecule has 1 aliphatic heterocycles. The van der Waals surface area contributed by atoms with E-state index in [-0.39, 0.29) is 5.91 Å². The van der Waals surface area contributed by atoms with Crippen molar-refractivity contribution in [3.63, 3.8) is 0 Å². The van der Waals surface area contributed by atoms with Gasteiger partial charge in [-0.3, -0.25) is 4.79 Å². The van der Waals surface area contributed by atoms with Crippen molar-refractivity contribution < 1.29 is 14.3 Å². The Morgan fingerprint density at radius 2 is 2.19 bits per heavy atom. The number of ether oxygens (including phenoxy) is 2. The first-order valence-corrected chi connectivity index (χ1v) is 7.38. The third-order valence-electron chi connectivity index (χ3n) is 3.35. The van der Waals surface area contributed by atoms with Gasteiger partial charge in [0.1, 0.15) is 12.4 Å². The van der Waals surface area contributed by atoms with E-state index < -0.39 is 0 Å². The molecular formula is C17H23NO3. The summed E-state index contributed by atoms with van der Waals surface area (Å²) in [5, 5.41) is 2.91.